The van der Waals surface area contributed by atoms with E-state index in [-0.39, 0.29) is 6.61 Å². The molecule has 5 nitrogen and oxygen atoms in total. The van der Waals surface area contributed by atoms with Crippen LogP contribution in [0.15, 0.2) is 30.3 Å². The minimum absolute atomic E-state index is 0.0134. The fraction of sp³-hybridized carbons (Fsp3) is 0.143. The molecule has 2 aromatic carbocycles. The van der Waals surface area contributed by atoms with Crippen LogP contribution in [0, 0.1) is 0 Å². The highest BCUT2D eigenvalue weighted by Crippen LogP contribution is 2.35. The second kappa shape index (κ2) is 5.07. The van der Waals surface area contributed by atoms with Crippen LogP contribution in [0.4, 0.5) is 22.7 Å². The minimum atomic E-state index is 0.0134. The number of hydrogen-bond acceptors (Lipinski definition) is 5. The Morgan fingerprint density at radius 1 is 0.842 bits per heavy atom. The summed E-state index contributed by atoms with van der Waals surface area (Å²) in [5.74, 6) is 0. The Bertz CT molecular complexity index is 611. The summed E-state index contributed by atoms with van der Waals surface area (Å²) in [6, 6.07) is 8.76. The summed E-state index contributed by atoms with van der Waals surface area (Å²) in [5, 5.41) is 9.05. The molecule has 9 N–H and O–H groups in total. The Labute approximate surface area is 111 Å². The third-order valence-electron chi connectivity index (χ3n) is 3.04. The van der Waals surface area contributed by atoms with E-state index in [1.54, 1.807) is 30.3 Å². The van der Waals surface area contributed by atoms with Crippen LogP contribution in [0.2, 0.25) is 0 Å². The number of aliphatic hydroxyl groups is 1. The van der Waals surface area contributed by atoms with Crippen LogP contribution >= 0.6 is 0 Å². The first-order valence-corrected chi connectivity index (χ1v) is 5.97. The molecule has 0 aliphatic rings. The van der Waals surface area contributed by atoms with Crippen LogP contribution < -0.4 is 22.9 Å². The maximum atomic E-state index is 9.05. The van der Waals surface area contributed by atoms with E-state index in [1.807, 2.05) is 0 Å². The molecule has 0 spiro atoms. The predicted octanol–water partition coefficient (Wildman–Crippen LogP) is 1.22. The van der Waals surface area contributed by atoms with Crippen molar-refractivity contribution in [2.24, 2.45) is 0 Å². The predicted molar refractivity (Wildman–Crippen MR) is 80.3 cm³/mol. The van der Waals surface area contributed by atoms with E-state index in [4.69, 9.17) is 28.0 Å². The van der Waals surface area contributed by atoms with E-state index in [9.17, 15) is 0 Å². The van der Waals surface area contributed by atoms with E-state index >= 15 is 0 Å². The zero-order chi connectivity index (χ0) is 14.0. The minimum Gasteiger partial charge on any atom is -0.399 e. The van der Waals surface area contributed by atoms with Gasteiger partial charge in [-0.25, -0.2) is 0 Å². The van der Waals surface area contributed by atoms with Gasteiger partial charge in [-0.3, -0.25) is 0 Å². The molecular weight excluding hydrogens is 240 g/mol. The molecule has 19 heavy (non-hydrogen) atoms. The third kappa shape index (κ3) is 2.56. The molecule has 0 fully saturated rings. The molecule has 0 radical (unpaired) electrons. The number of aliphatic hydroxyl groups excluding tert-OH is 1. The first-order chi connectivity index (χ1) is 9.02. The van der Waals surface area contributed by atoms with Gasteiger partial charge < -0.3 is 28.0 Å². The summed E-state index contributed by atoms with van der Waals surface area (Å²) < 4.78 is 0. The van der Waals surface area contributed by atoms with Crippen molar-refractivity contribution in [2.45, 2.75) is 6.42 Å². The van der Waals surface area contributed by atoms with E-state index in [1.165, 1.54) is 0 Å². The smallest absolute Gasteiger partial charge is 0.0472 e. The first-order valence-electron chi connectivity index (χ1n) is 5.97. The van der Waals surface area contributed by atoms with Crippen molar-refractivity contribution < 1.29 is 5.11 Å². The van der Waals surface area contributed by atoms with Gasteiger partial charge in [0.1, 0.15) is 0 Å². The molecule has 0 aliphatic heterocycles. The van der Waals surface area contributed by atoms with E-state index < -0.39 is 0 Å². The number of nitrogen functional groups attached to an aromatic ring is 4. The van der Waals surface area contributed by atoms with Gasteiger partial charge in [-0.2, -0.15) is 0 Å². The van der Waals surface area contributed by atoms with Gasteiger partial charge in [0.05, 0.1) is 0 Å². The second-order valence-electron chi connectivity index (χ2n) is 4.46. The van der Waals surface area contributed by atoms with Gasteiger partial charge in [-0.1, -0.05) is 0 Å². The summed E-state index contributed by atoms with van der Waals surface area (Å²) in [7, 11) is 0. The van der Waals surface area contributed by atoms with Gasteiger partial charge in [0.25, 0.3) is 0 Å². The molecule has 0 aliphatic carbocycles. The van der Waals surface area contributed by atoms with Gasteiger partial charge in [0, 0.05) is 40.5 Å². The maximum absolute atomic E-state index is 9.05. The van der Waals surface area contributed by atoms with Crippen molar-refractivity contribution in [3.63, 3.8) is 0 Å². The zero-order valence-electron chi connectivity index (χ0n) is 10.6. The van der Waals surface area contributed by atoms with Crippen LogP contribution in [0.1, 0.15) is 5.56 Å². The summed E-state index contributed by atoms with van der Waals surface area (Å²) in [6.07, 6.45) is 0.450. The summed E-state index contributed by atoms with van der Waals surface area (Å²) >= 11 is 0. The molecule has 0 aromatic heterocycles. The molecule has 0 heterocycles. The lowest BCUT2D eigenvalue weighted by atomic mass is 9.96. The van der Waals surface area contributed by atoms with Crippen molar-refractivity contribution in [1.82, 2.24) is 0 Å². The van der Waals surface area contributed by atoms with Crippen LogP contribution in [-0.4, -0.2) is 11.7 Å². The molecular formula is C14H18N4O. The lowest BCUT2D eigenvalue weighted by molar-refractivity contribution is 0.300. The maximum Gasteiger partial charge on any atom is 0.0472 e. The fourth-order valence-electron chi connectivity index (χ4n) is 2.10. The monoisotopic (exact) mass is 258 g/mol. The highest BCUT2D eigenvalue weighted by molar-refractivity contribution is 5.89. The SMILES string of the molecule is Nc1ccc(N)c(-c2cc(N)cc(CCO)c2N)c1. The van der Waals surface area contributed by atoms with Crippen LogP contribution in [0.3, 0.4) is 0 Å². The fourth-order valence-corrected chi connectivity index (χ4v) is 2.10. The molecule has 0 amide bonds. The second-order valence-corrected chi connectivity index (χ2v) is 4.46. The molecule has 0 saturated carbocycles. The Balaban J connectivity index is 2.64. The lowest BCUT2D eigenvalue weighted by Gasteiger charge is -2.14. The van der Waals surface area contributed by atoms with Gasteiger partial charge in [-0.15, -0.1) is 0 Å². The van der Waals surface area contributed by atoms with Crippen LogP contribution in [-0.2, 0) is 6.42 Å². The molecule has 0 unspecified atom stereocenters. The standard InChI is InChI=1S/C14H18N4O/c15-9-1-2-13(17)11(6-9)12-7-10(16)5-8(3-4-19)14(12)18/h1-2,5-7,19H,3-4,15-18H2. The Morgan fingerprint density at radius 3 is 2.21 bits per heavy atom. The summed E-state index contributed by atoms with van der Waals surface area (Å²) in [4.78, 5) is 0. The third-order valence-corrected chi connectivity index (χ3v) is 3.04. The zero-order valence-corrected chi connectivity index (χ0v) is 10.6. The Hall–Kier alpha value is -2.40. The van der Waals surface area contributed by atoms with Gasteiger partial charge in [-0.05, 0) is 42.3 Å². The number of anilines is 4. The molecule has 2 rings (SSSR count). The average molecular weight is 258 g/mol. The first kappa shape index (κ1) is 13.0. The van der Waals surface area contributed by atoms with E-state index in [0.29, 0.717) is 29.2 Å². The summed E-state index contributed by atoms with van der Waals surface area (Å²) in [5.41, 5.74) is 28.4. The van der Waals surface area contributed by atoms with E-state index in [2.05, 4.69) is 0 Å². The van der Waals surface area contributed by atoms with Gasteiger partial charge in [0.2, 0.25) is 0 Å². The quantitative estimate of drug-likeness (QED) is 0.529. The van der Waals surface area contributed by atoms with E-state index in [0.717, 1.165) is 16.7 Å². The van der Waals surface area contributed by atoms with Crippen molar-refractivity contribution >= 4 is 22.7 Å². The number of nitrogens with two attached hydrogens (primary N) is 4. The van der Waals surface area contributed by atoms with Gasteiger partial charge in [0.15, 0.2) is 0 Å². The summed E-state index contributed by atoms with van der Waals surface area (Å²) in [6.45, 7) is 0.0134. The normalized spacial score (nSPS) is 10.6. The highest BCUT2D eigenvalue weighted by atomic mass is 16.2. The van der Waals surface area contributed by atoms with Crippen molar-refractivity contribution in [1.29, 1.82) is 0 Å². The van der Waals surface area contributed by atoms with Crippen molar-refractivity contribution in [2.75, 3.05) is 29.5 Å². The largest absolute Gasteiger partial charge is 0.399 e. The topological polar surface area (TPSA) is 124 Å². The molecule has 0 atom stereocenters. The molecule has 0 saturated heterocycles. The van der Waals surface area contributed by atoms with Crippen molar-refractivity contribution in [3.8, 4) is 11.1 Å². The number of hydrogen-bond donors (Lipinski definition) is 5. The highest BCUT2D eigenvalue weighted by Gasteiger charge is 2.11. The Morgan fingerprint density at radius 2 is 1.53 bits per heavy atom. The number of benzene rings is 2. The molecule has 5 heteroatoms. The van der Waals surface area contributed by atoms with Crippen LogP contribution in [0.5, 0.6) is 0 Å². The molecule has 0 bridgehead atoms. The van der Waals surface area contributed by atoms with Crippen molar-refractivity contribution in [3.05, 3.63) is 35.9 Å². The average Bonchev–Trinajstić information content (AvgIpc) is 2.37. The number of rotatable bonds is 3. The van der Waals surface area contributed by atoms with Crippen LogP contribution in [0.25, 0.3) is 11.1 Å². The molecule has 100 valence electrons. The van der Waals surface area contributed by atoms with Gasteiger partial charge >= 0.3 is 0 Å². The Kier molecular flexibility index (Phi) is 3.48. The molecule has 2 aromatic rings. The lowest BCUT2D eigenvalue weighted by Crippen LogP contribution is -2.03.